The van der Waals surface area contributed by atoms with Crippen molar-refractivity contribution in [1.82, 2.24) is 0 Å². The molecule has 0 aromatic heterocycles. The first kappa shape index (κ1) is 17.0. The van der Waals surface area contributed by atoms with Gasteiger partial charge in [0.2, 0.25) is 0 Å². The van der Waals surface area contributed by atoms with Gasteiger partial charge in [-0.2, -0.15) is 0 Å². The maximum Gasteiger partial charge on any atom is 0.125 e. The number of nitrogens with one attached hydrogen (secondary N) is 1. The van der Waals surface area contributed by atoms with Crippen molar-refractivity contribution >= 4 is 5.69 Å². The average Bonchev–Trinajstić information content (AvgIpc) is 2.25. The summed E-state index contributed by atoms with van der Waals surface area (Å²) in [6.45, 7) is 10.5. The second-order valence-electron chi connectivity index (χ2n) is 6.78. The summed E-state index contributed by atoms with van der Waals surface area (Å²) in [5.74, 6) is 0.680. The first-order valence-corrected chi connectivity index (χ1v) is 7.42. The van der Waals surface area contributed by atoms with Crippen molar-refractivity contribution in [2.24, 2.45) is 11.8 Å². The number of benzene rings is 1. The molecule has 0 bridgehead atoms. The highest BCUT2D eigenvalue weighted by molar-refractivity contribution is 5.48. The Morgan fingerprint density at radius 3 is 2.05 bits per heavy atom. The van der Waals surface area contributed by atoms with Crippen LogP contribution in [0.5, 0.6) is 0 Å². The lowest BCUT2D eigenvalue weighted by atomic mass is 9.82. The van der Waals surface area contributed by atoms with Gasteiger partial charge in [0.05, 0.1) is 12.1 Å². The highest BCUT2D eigenvalue weighted by Crippen LogP contribution is 2.29. The molecule has 0 saturated carbocycles. The Kier molecular flexibility index (Phi) is 6.00. The molecule has 0 heterocycles. The lowest BCUT2D eigenvalue weighted by Gasteiger charge is -2.37. The number of aliphatic hydroxyl groups excluding tert-OH is 1. The topological polar surface area (TPSA) is 32.3 Å². The molecule has 3 heteroatoms. The largest absolute Gasteiger partial charge is 0.394 e. The Hall–Kier alpha value is -1.09. The zero-order valence-corrected chi connectivity index (χ0v) is 13.3. The predicted molar refractivity (Wildman–Crippen MR) is 83.5 cm³/mol. The lowest BCUT2D eigenvalue weighted by Crippen LogP contribution is -2.44. The molecule has 20 heavy (non-hydrogen) atoms. The van der Waals surface area contributed by atoms with Crippen LogP contribution in [0.25, 0.3) is 0 Å². The smallest absolute Gasteiger partial charge is 0.125 e. The van der Waals surface area contributed by atoms with Crippen molar-refractivity contribution in [1.29, 1.82) is 0 Å². The van der Waals surface area contributed by atoms with E-state index in [9.17, 15) is 9.50 Å². The highest BCUT2D eigenvalue weighted by atomic mass is 19.1. The molecule has 114 valence electrons. The molecule has 2 nitrogen and oxygen atoms in total. The maximum absolute atomic E-state index is 13.5. The third kappa shape index (κ3) is 5.12. The van der Waals surface area contributed by atoms with E-state index in [0.29, 0.717) is 11.8 Å². The summed E-state index contributed by atoms with van der Waals surface area (Å²) in [5, 5.41) is 13.3. The quantitative estimate of drug-likeness (QED) is 0.778. The SMILES string of the molecule is Cc1cc(F)cc(NC(CO)(CC(C)C)CC(C)C)c1. The van der Waals surface area contributed by atoms with Gasteiger partial charge in [0, 0.05) is 5.69 Å². The number of aryl methyl sites for hydroxylation is 1. The predicted octanol–water partition coefficient (Wildman–Crippen LogP) is 4.37. The third-order valence-electron chi connectivity index (χ3n) is 3.35. The maximum atomic E-state index is 13.5. The summed E-state index contributed by atoms with van der Waals surface area (Å²) >= 11 is 0. The molecule has 0 amide bonds. The second kappa shape index (κ2) is 7.07. The van der Waals surface area contributed by atoms with Gasteiger partial charge in [0.1, 0.15) is 5.82 Å². The molecule has 0 atom stereocenters. The summed E-state index contributed by atoms with van der Waals surface area (Å²) < 4.78 is 13.5. The first-order chi connectivity index (χ1) is 9.26. The van der Waals surface area contributed by atoms with Gasteiger partial charge in [-0.15, -0.1) is 0 Å². The molecule has 1 aromatic rings. The molecule has 0 radical (unpaired) electrons. The van der Waals surface area contributed by atoms with Crippen LogP contribution in [0.3, 0.4) is 0 Å². The molecule has 0 aliphatic heterocycles. The van der Waals surface area contributed by atoms with Gasteiger partial charge >= 0.3 is 0 Å². The Balaban J connectivity index is 3.03. The molecular weight excluding hydrogens is 253 g/mol. The van der Waals surface area contributed by atoms with Crippen LogP contribution in [-0.2, 0) is 0 Å². The molecule has 0 aliphatic rings. The summed E-state index contributed by atoms with van der Waals surface area (Å²) in [4.78, 5) is 0. The van der Waals surface area contributed by atoms with E-state index in [0.717, 1.165) is 24.1 Å². The summed E-state index contributed by atoms with van der Waals surface area (Å²) in [5.41, 5.74) is 1.24. The van der Waals surface area contributed by atoms with Crippen molar-refractivity contribution in [3.8, 4) is 0 Å². The van der Waals surface area contributed by atoms with E-state index in [2.05, 4.69) is 33.0 Å². The van der Waals surface area contributed by atoms with Crippen LogP contribution in [0, 0.1) is 24.6 Å². The van der Waals surface area contributed by atoms with Crippen molar-refractivity contribution in [2.75, 3.05) is 11.9 Å². The summed E-state index contributed by atoms with van der Waals surface area (Å²) in [6, 6.07) is 4.93. The molecule has 0 saturated heterocycles. The minimum absolute atomic E-state index is 0.0545. The lowest BCUT2D eigenvalue weighted by molar-refractivity contribution is 0.168. The fourth-order valence-corrected chi connectivity index (χ4v) is 3.03. The van der Waals surface area contributed by atoms with E-state index >= 15 is 0 Å². The van der Waals surface area contributed by atoms with E-state index < -0.39 is 0 Å². The van der Waals surface area contributed by atoms with Gasteiger partial charge in [-0.1, -0.05) is 27.7 Å². The third-order valence-corrected chi connectivity index (χ3v) is 3.35. The average molecular weight is 281 g/mol. The van der Waals surface area contributed by atoms with Crippen LogP contribution in [-0.4, -0.2) is 17.3 Å². The number of anilines is 1. The van der Waals surface area contributed by atoms with E-state index in [-0.39, 0.29) is 18.0 Å². The Morgan fingerprint density at radius 1 is 1.10 bits per heavy atom. The van der Waals surface area contributed by atoms with E-state index in [1.165, 1.54) is 12.1 Å². The van der Waals surface area contributed by atoms with Crippen molar-refractivity contribution in [2.45, 2.75) is 53.0 Å². The summed E-state index contributed by atoms with van der Waals surface area (Å²) in [7, 11) is 0. The molecular formula is C17H28FNO. The minimum atomic E-state index is -0.386. The van der Waals surface area contributed by atoms with Gasteiger partial charge in [-0.3, -0.25) is 0 Å². The van der Waals surface area contributed by atoms with Gasteiger partial charge in [-0.25, -0.2) is 4.39 Å². The van der Waals surface area contributed by atoms with Crippen LogP contribution in [0.1, 0.15) is 46.1 Å². The number of hydrogen-bond acceptors (Lipinski definition) is 2. The van der Waals surface area contributed by atoms with Gasteiger partial charge in [0.25, 0.3) is 0 Å². The van der Waals surface area contributed by atoms with Crippen molar-refractivity contribution in [3.05, 3.63) is 29.6 Å². The van der Waals surface area contributed by atoms with Crippen LogP contribution < -0.4 is 5.32 Å². The zero-order valence-electron chi connectivity index (χ0n) is 13.3. The van der Waals surface area contributed by atoms with Gasteiger partial charge in [-0.05, 0) is 55.4 Å². The number of halogens is 1. The normalized spacial score (nSPS) is 12.2. The zero-order chi connectivity index (χ0) is 15.3. The Labute approximate surface area is 122 Å². The molecule has 0 fully saturated rings. The molecule has 0 aliphatic carbocycles. The number of hydrogen-bond donors (Lipinski definition) is 2. The molecule has 1 aromatic carbocycles. The van der Waals surface area contributed by atoms with E-state index in [1.807, 2.05) is 13.0 Å². The van der Waals surface area contributed by atoms with Crippen LogP contribution in [0.4, 0.5) is 10.1 Å². The fraction of sp³-hybridized carbons (Fsp3) is 0.647. The monoisotopic (exact) mass is 281 g/mol. The Bertz CT molecular complexity index is 399. The van der Waals surface area contributed by atoms with Crippen molar-refractivity contribution in [3.63, 3.8) is 0 Å². The van der Waals surface area contributed by atoms with Crippen LogP contribution in [0.15, 0.2) is 18.2 Å². The second-order valence-corrected chi connectivity index (χ2v) is 6.78. The van der Waals surface area contributed by atoms with E-state index in [4.69, 9.17) is 0 Å². The summed E-state index contributed by atoms with van der Waals surface area (Å²) in [6.07, 6.45) is 1.72. The van der Waals surface area contributed by atoms with Gasteiger partial charge < -0.3 is 10.4 Å². The number of rotatable bonds is 7. The number of aliphatic hydroxyl groups is 1. The van der Waals surface area contributed by atoms with Gasteiger partial charge in [0.15, 0.2) is 0 Å². The van der Waals surface area contributed by atoms with Crippen LogP contribution in [0.2, 0.25) is 0 Å². The minimum Gasteiger partial charge on any atom is -0.394 e. The van der Waals surface area contributed by atoms with E-state index in [1.54, 1.807) is 0 Å². The highest BCUT2D eigenvalue weighted by Gasteiger charge is 2.31. The fourth-order valence-electron chi connectivity index (χ4n) is 3.03. The Morgan fingerprint density at radius 2 is 1.65 bits per heavy atom. The first-order valence-electron chi connectivity index (χ1n) is 7.42. The van der Waals surface area contributed by atoms with Crippen molar-refractivity contribution < 1.29 is 9.50 Å². The van der Waals surface area contributed by atoms with Crippen LogP contribution >= 0.6 is 0 Å². The molecule has 0 spiro atoms. The molecule has 0 unspecified atom stereocenters. The standard InChI is InChI=1S/C17H28FNO/c1-12(2)9-17(11-20,10-13(3)4)19-16-7-14(5)6-15(18)8-16/h6-8,12-13,19-20H,9-11H2,1-5H3. The molecule has 2 N–H and O–H groups in total. The molecule has 1 rings (SSSR count).